The lowest BCUT2D eigenvalue weighted by atomic mass is 9.45. The molecule has 0 amide bonds. The molecule has 3 aliphatic carbocycles. The van der Waals surface area contributed by atoms with E-state index in [2.05, 4.69) is 44.1 Å². The number of rotatable bonds is 4. The van der Waals surface area contributed by atoms with E-state index in [1.54, 1.807) is 0 Å². The Labute approximate surface area is 121 Å². The molecular formula is C17H25NS. The quantitative estimate of drug-likeness (QED) is 0.850. The highest BCUT2D eigenvalue weighted by molar-refractivity contribution is 7.10. The molecule has 0 radical (unpaired) electrons. The average Bonchev–Trinajstić information content (AvgIpc) is 2.84. The molecule has 4 atom stereocenters. The molecule has 0 aromatic carbocycles. The first kappa shape index (κ1) is 13.4. The second-order valence-corrected chi connectivity index (χ2v) is 7.99. The van der Waals surface area contributed by atoms with E-state index in [-0.39, 0.29) is 0 Å². The number of nitrogens with one attached hydrogen (secondary N) is 1. The average molecular weight is 275 g/mol. The molecule has 2 heteroatoms. The summed E-state index contributed by atoms with van der Waals surface area (Å²) in [5, 5.41) is 5.99. The van der Waals surface area contributed by atoms with E-state index >= 15 is 0 Å². The van der Waals surface area contributed by atoms with Crippen LogP contribution in [0.4, 0.5) is 0 Å². The van der Waals surface area contributed by atoms with Gasteiger partial charge in [-0.25, -0.2) is 0 Å². The van der Waals surface area contributed by atoms with Crippen LogP contribution in [0.5, 0.6) is 0 Å². The van der Waals surface area contributed by atoms with Gasteiger partial charge in [-0.1, -0.05) is 33.4 Å². The topological polar surface area (TPSA) is 12.0 Å². The predicted octanol–water partition coefficient (Wildman–Crippen LogP) is 4.55. The molecule has 2 bridgehead atoms. The van der Waals surface area contributed by atoms with Gasteiger partial charge in [0, 0.05) is 17.5 Å². The Hall–Kier alpha value is -0.600. The van der Waals surface area contributed by atoms with E-state index in [1.807, 2.05) is 17.4 Å². The molecular weight excluding hydrogens is 250 g/mol. The first-order valence-corrected chi connectivity index (χ1v) is 8.33. The normalized spacial score (nSPS) is 35.7. The first-order valence-electron chi connectivity index (χ1n) is 7.45. The van der Waals surface area contributed by atoms with Gasteiger partial charge in [-0.3, -0.25) is 0 Å². The van der Waals surface area contributed by atoms with E-state index in [0.717, 1.165) is 24.3 Å². The van der Waals surface area contributed by atoms with Crippen LogP contribution in [0.3, 0.4) is 0 Å². The van der Waals surface area contributed by atoms with Crippen LogP contribution in [0.2, 0.25) is 0 Å². The monoisotopic (exact) mass is 275 g/mol. The van der Waals surface area contributed by atoms with Gasteiger partial charge in [-0.2, -0.15) is 0 Å². The van der Waals surface area contributed by atoms with Gasteiger partial charge in [0.1, 0.15) is 0 Å². The van der Waals surface area contributed by atoms with Gasteiger partial charge in [0.15, 0.2) is 0 Å². The molecule has 1 aromatic heterocycles. The van der Waals surface area contributed by atoms with E-state index in [0.29, 0.717) is 11.5 Å². The summed E-state index contributed by atoms with van der Waals surface area (Å²) in [4.78, 5) is 1.43. The summed E-state index contributed by atoms with van der Waals surface area (Å²) in [6.45, 7) is 12.2. The summed E-state index contributed by atoms with van der Waals surface area (Å²) < 4.78 is 0. The fourth-order valence-electron chi connectivity index (χ4n) is 4.25. The zero-order valence-electron chi connectivity index (χ0n) is 12.3. The highest BCUT2D eigenvalue weighted by atomic mass is 32.1. The molecule has 0 spiro atoms. The zero-order valence-corrected chi connectivity index (χ0v) is 13.1. The van der Waals surface area contributed by atoms with Crippen molar-refractivity contribution in [3.05, 3.63) is 28.5 Å². The summed E-state index contributed by atoms with van der Waals surface area (Å²) in [7, 11) is 0. The van der Waals surface area contributed by atoms with Gasteiger partial charge >= 0.3 is 0 Å². The molecule has 1 unspecified atom stereocenters. The van der Waals surface area contributed by atoms with E-state index in [9.17, 15) is 0 Å². The third kappa shape index (κ3) is 2.19. The minimum Gasteiger partial charge on any atom is -0.309 e. The number of hydrogen-bond donors (Lipinski definition) is 1. The molecule has 1 aromatic rings. The first-order chi connectivity index (χ1) is 9.02. The number of thiophene rings is 1. The van der Waals surface area contributed by atoms with Gasteiger partial charge < -0.3 is 5.32 Å². The number of hydrogen-bond acceptors (Lipinski definition) is 2. The molecule has 0 aliphatic heterocycles. The lowest BCUT2D eigenvalue weighted by molar-refractivity contribution is -0.115. The molecule has 0 saturated heterocycles. The lowest BCUT2D eigenvalue weighted by Crippen LogP contribution is -2.59. The van der Waals surface area contributed by atoms with Gasteiger partial charge in [-0.15, -0.1) is 11.3 Å². The summed E-state index contributed by atoms with van der Waals surface area (Å²) in [6.07, 6.45) is 4.76. The molecule has 3 fully saturated rings. The van der Waals surface area contributed by atoms with Crippen LogP contribution in [-0.4, -0.2) is 6.04 Å². The van der Waals surface area contributed by atoms with Crippen LogP contribution in [0.1, 0.15) is 44.1 Å². The van der Waals surface area contributed by atoms with Crippen molar-refractivity contribution in [2.24, 2.45) is 23.2 Å². The van der Waals surface area contributed by atoms with E-state index in [4.69, 9.17) is 0 Å². The maximum atomic E-state index is 3.82. The molecule has 3 saturated carbocycles. The Kier molecular flexibility index (Phi) is 3.34. The molecule has 104 valence electrons. The van der Waals surface area contributed by atoms with Crippen molar-refractivity contribution >= 4 is 17.4 Å². The third-order valence-electron chi connectivity index (χ3n) is 5.80. The van der Waals surface area contributed by atoms with E-state index < -0.39 is 0 Å². The minimum absolute atomic E-state index is 0.594. The van der Waals surface area contributed by atoms with Crippen molar-refractivity contribution in [3.8, 4) is 0 Å². The molecule has 19 heavy (non-hydrogen) atoms. The van der Waals surface area contributed by atoms with Crippen LogP contribution in [0.15, 0.2) is 18.0 Å². The highest BCUT2D eigenvalue weighted by Crippen LogP contribution is 2.61. The second kappa shape index (κ2) is 4.75. The lowest BCUT2D eigenvalue weighted by Gasteiger charge is -2.62. The van der Waals surface area contributed by atoms with Crippen molar-refractivity contribution < 1.29 is 0 Å². The van der Waals surface area contributed by atoms with Crippen molar-refractivity contribution in [3.63, 3.8) is 0 Å². The maximum absolute atomic E-state index is 3.82. The summed E-state index contributed by atoms with van der Waals surface area (Å²) in [5.74, 6) is 2.69. The van der Waals surface area contributed by atoms with Gasteiger partial charge in [0.25, 0.3) is 0 Å². The third-order valence-corrected chi connectivity index (χ3v) is 6.76. The van der Waals surface area contributed by atoms with Crippen LogP contribution < -0.4 is 5.32 Å². The van der Waals surface area contributed by atoms with Crippen LogP contribution in [0, 0.1) is 23.2 Å². The summed E-state index contributed by atoms with van der Waals surface area (Å²) in [6, 6.07) is 2.97. The van der Waals surface area contributed by atoms with Gasteiger partial charge in [0.2, 0.25) is 0 Å². The van der Waals surface area contributed by atoms with Crippen LogP contribution in [-0.2, 0) is 6.54 Å². The summed E-state index contributed by atoms with van der Waals surface area (Å²) in [5.41, 5.74) is 1.85. The largest absolute Gasteiger partial charge is 0.309 e. The van der Waals surface area contributed by atoms with Crippen LogP contribution in [0.25, 0.3) is 6.08 Å². The molecule has 4 rings (SSSR count). The zero-order chi connectivity index (χ0) is 13.6. The van der Waals surface area contributed by atoms with Crippen molar-refractivity contribution in [1.29, 1.82) is 0 Å². The Morgan fingerprint density at radius 1 is 1.47 bits per heavy atom. The van der Waals surface area contributed by atoms with Crippen molar-refractivity contribution in [2.75, 3.05) is 0 Å². The Morgan fingerprint density at radius 3 is 2.84 bits per heavy atom. The fraction of sp³-hybridized carbons (Fsp3) is 0.647. The van der Waals surface area contributed by atoms with Crippen molar-refractivity contribution in [2.45, 2.75) is 46.2 Å². The molecule has 1 nitrogen and oxygen atoms in total. The van der Waals surface area contributed by atoms with E-state index in [1.165, 1.54) is 23.3 Å². The minimum atomic E-state index is 0.594. The molecule has 1 heterocycles. The SMILES string of the molecule is C=Cc1csc(CN[C@@H]2CC3C[C@H]([C@H]2C)C3(C)C)c1. The highest BCUT2D eigenvalue weighted by Gasteiger charge is 2.55. The summed E-state index contributed by atoms with van der Waals surface area (Å²) >= 11 is 1.84. The predicted molar refractivity (Wildman–Crippen MR) is 84.2 cm³/mol. The molecule has 3 aliphatic rings. The van der Waals surface area contributed by atoms with Gasteiger partial charge in [-0.05, 0) is 53.0 Å². The second-order valence-electron chi connectivity index (χ2n) is 6.99. The Bertz CT molecular complexity index is 473. The fourth-order valence-corrected chi connectivity index (χ4v) is 5.07. The Balaban J connectivity index is 1.58. The maximum Gasteiger partial charge on any atom is 0.0302 e. The molecule has 1 N–H and O–H groups in total. The Morgan fingerprint density at radius 2 is 2.26 bits per heavy atom. The van der Waals surface area contributed by atoms with Gasteiger partial charge in [0.05, 0.1) is 0 Å². The smallest absolute Gasteiger partial charge is 0.0302 e. The standard InChI is InChI=1S/C17H25NS/c1-5-12-6-14(19-10-12)9-18-16-8-13-7-15(11(16)2)17(13,3)4/h5-6,10-11,13,15-16,18H,1,7-9H2,2-4H3/t11-,13?,15-,16-/m1/s1. The number of fused-ring (bicyclic) bond motifs is 2. The van der Waals surface area contributed by atoms with Crippen molar-refractivity contribution in [1.82, 2.24) is 5.32 Å². The van der Waals surface area contributed by atoms with Crippen LogP contribution >= 0.6 is 11.3 Å².